The fraction of sp³-hybridized carbons (Fsp3) is 0.875. The van der Waals surface area contributed by atoms with Gasteiger partial charge in [-0.25, -0.2) is 5.84 Å². The maximum atomic E-state index is 5.20. The molecular formula is C8H18N4S. The van der Waals surface area contributed by atoms with E-state index in [1.54, 1.807) is 0 Å². The third kappa shape index (κ3) is 3.10. The molecule has 4 nitrogen and oxygen atoms in total. The van der Waals surface area contributed by atoms with Crippen molar-refractivity contribution in [3.8, 4) is 0 Å². The second-order valence-corrected chi connectivity index (χ2v) is 4.16. The quantitative estimate of drug-likeness (QED) is 0.309. The van der Waals surface area contributed by atoms with Crippen LogP contribution in [0.5, 0.6) is 0 Å². The molecule has 0 saturated carbocycles. The SMILES string of the molecule is CC1CN(C)CCC1NC(=S)NN. The highest BCUT2D eigenvalue weighted by atomic mass is 32.1. The van der Waals surface area contributed by atoms with E-state index in [4.69, 9.17) is 18.1 Å². The van der Waals surface area contributed by atoms with Crippen molar-refractivity contribution in [1.29, 1.82) is 0 Å². The lowest BCUT2D eigenvalue weighted by Crippen LogP contribution is -2.52. The molecule has 0 aliphatic carbocycles. The molecule has 1 fully saturated rings. The molecule has 0 bridgehead atoms. The molecule has 1 saturated heterocycles. The molecule has 0 amide bonds. The van der Waals surface area contributed by atoms with Crippen LogP contribution in [-0.4, -0.2) is 36.2 Å². The number of rotatable bonds is 1. The van der Waals surface area contributed by atoms with Crippen molar-refractivity contribution < 1.29 is 0 Å². The smallest absolute Gasteiger partial charge is 0.180 e. The first-order valence-corrected chi connectivity index (χ1v) is 5.00. The second-order valence-electron chi connectivity index (χ2n) is 3.75. The van der Waals surface area contributed by atoms with Crippen LogP contribution in [0.15, 0.2) is 0 Å². The summed E-state index contributed by atoms with van der Waals surface area (Å²) in [5, 5.41) is 3.75. The third-order valence-electron chi connectivity index (χ3n) is 2.56. The van der Waals surface area contributed by atoms with Gasteiger partial charge in [-0.05, 0) is 38.1 Å². The van der Waals surface area contributed by atoms with Crippen molar-refractivity contribution in [2.75, 3.05) is 20.1 Å². The highest BCUT2D eigenvalue weighted by molar-refractivity contribution is 7.80. The average molecular weight is 202 g/mol. The summed E-state index contributed by atoms with van der Waals surface area (Å²) < 4.78 is 0. The zero-order valence-electron chi connectivity index (χ0n) is 8.21. The highest BCUT2D eigenvalue weighted by Crippen LogP contribution is 2.14. The maximum Gasteiger partial charge on any atom is 0.180 e. The number of piperidine rings is 1. The van der Waals surface area contributed by atoms with Gasteiger partial charge in [0.2, 0.25) is 0 Å². The summed E-state index contributed by atoms with van der Waals surface area (Å²) >= 11 is 4.96. The summed E-state index contributed by atoms with van der Waals surface area (Å²) in [6.07, 6.45) is 1.12. The number of thiocarbonyl (C=S) groups is 1. The van der Waals surface area contributed by atoms with E-state index in [0.717, 1.165) is 19.5 Å². The van der Waals surface area contributed by atoms with Crippen molar-refractivity contribution in [1.82, 2.24) is 15.6 Å². The number of nitrogens with one attached hydrogen (secondary N) is 2. The predicted octanol–water partition coefficient (Wildman–Crippen LogP) is -0.336. The minimum absolute atomic E-state index is 0.458. The minimum Gasteiger partial charge on any atom is -0.359 e. The summed E-state index contributed by atoms with van der Waals surface area (Å²) in [4.78, 5) is 2.34. The first kappa shape index (κ1) is 10.7. The van der Waals surface area contributed by atoms with Gasteiger partial charge in [-0.1, -0.05) is 6.92 Å². The Kier molecular flexibility index (Phi) is 3.90. The Hall–Kier alpha value is -0.390. The Bertz CT molecular complexity index is 185. The van der Waals surface area contributed by atoms with Gasteiger partial charge in [-0.15, -0.1) is 0 Å². The molecular weight excluding hydrogens is 184 g/mol. The number of hydrazine groups is 1. The van der Waals surface area contributed by atoms with Crippen LogP contribution in [-0.2, 0) is 0 Å². The molecule has 2 unspecified atom stereocenters. The van der Waals surface area contributed by atoms with Crippen LogP contribution in [0.4, 0.5) is 0 Å². The summed E-state index contributed by atoms with van der Waals surface area (Å²) in [5.74, 6) is 5.81. The van der Waals surface area contributed by atoms with Crippen LogP contribution >= 0.6 is 12.2 Å². The summed E-state index contributed by atoms with van der Waals surface area (Å²) in [5.41, 5.74) is 2.45. The van der Waals surface area contributed by atoms with E-state index in [-0.39, 0.29) is 0 Å². The topological polar surface area (TPSA) is 53.3 Å². The van der Waals surface area contributed by atoms with Crippen molar-refractivity contribution >= 4 is 17.3 Å². The molecule has 0 aromatic rings. The van der Waals surface area contributed by atoms with E-state index in [1.807, 2.05) is 0 Å². The largest absolute Gasteiger partial charge is 0.359 e. The summed E-state index contributed by atoms with van der Waals surface area (Å²) in [7, 11) is 2.15. The number of nitrogens with zero attached hydrogens (tertiary/aromatic N) is 1. The zero-order chi connectivity index (χ0) is 9.84. The van der Waals surface area contributed by atoms with Gasteiger partial charge in [0.15, 0.2) is 5.11 Å². The molecule has 13 heavy (non-hydrogen) atoms. The lowest BCUT2D eigenvalue weighted by atomic mass is 9.94. The van der Waals surface area contributed by atoms with Crippen molar-refractivity contribution in [2.24, 2.45) is 11.8 Å². The van der Waals surface area contributed by atoms with Gasteiger partial charge in [0.05, 0.1) is 0 Å². The third-order valence-corrected chi connectivity index (χ3v) is 2.79. The van der Waals surface area contributed by atoms with E-state index in [0.29, 0.717) is 17.1 Å². The molecule has 1 rings (SSSR count). The zero-order valence-corrected chi connectivity index (χ0v) is 9.03. The first-order chi connectivity index (χ1) is 6.13. The van der Waals surface area contributed by atoms with Crippen LogP contribution in [0.1, 0.15) is 13.3 Å². The van der Waals surface area contributed by atoms with Crippen LogP contribution < -0.4 is 16.6 Å². The summed E-state index contributed by atoms with van der Waals surface area (Å²) in [6, 6.07) is 0.458. The fourth-order valence-electron chi connectivity index (χ4n) is 1.78. The summed E-state index contributed by atoms with van der Waals surface area (Å²) in [6.45, 7) is 4.46. The Morgan fingerprint density at radius 2 is 2.31 bits per heavy atom. The Morgan fingerprint density at radius 1 is 1.62 bits per heavy atom. The molecule has 1 heterocycles. The molecule has 0 aromatic heterocycles. The standard InChI is InChI=1S/C8H18N4S/c1-6-5-12(2)4-3-7(6)10-8(13)11-9/h6-7H,3-5,9H2,1-2H3,(H2,10,11,13). The van der Waals surface area contributed by atoms with E-state index in [2.05, 4.69) is 29.6 Å². The molecule has 2 atom stereocenters. The van der Waals surface area contributed by atoms with Crippen LogP contribution in [0.25, 0.3) is 0 Å². The molecule has 76 valence electrons. The van der Waals surface area contributed by atoms with Crippen LogP contribution in [0.3, 0.4) is 0 Å². The van der Waals surface area contributed by atoms with Crippen molar-refractivity contribution in [2.45, 2.75) is 19.4 Å². The lowest BCUT2D eigenvalue weighted by molar-refractivity contribution is 0.187. The van der Waals surface area contributed by atoms with Crippen LogP contribution in [0.2, 0.25) is 0 Å². The lowest BCUT2D eigenvalue weighted by Gasteiger charge is -2.35. The van der Waals surface area contributed by atoms with Gasteiger partial charge in [0.1, 0.15) is 0 Å². The Balaban J connectivity index is 2.38. The molecule has 5 heteroatoms. The number of likely N-dealkylation sites (tertiary alicyclic amines) is 1. The van der Waals surface area contributed by atoms with E-state index in [9.17, 15) is 0 Å². The molecule has 0 aromatic carbocycles. The molecule has 1 aliphatic rings. The van der Waals surface area contributed by atoms with Gasteiger partial charge < -0.3 is 15.6 Å². The number of nitrogens with two attached hydrogens (primary N) is 1. The second kappa shape index (κ2) is 4.74. The van der Waals surface area contributed by atoms with Gasteiger partial charge in [0, 0.05) is 12.6 Å². The Labute approximate surface area is 84.8 Å². The van der Waals surface area contributed by atoms with Gasteiger partial charge >= 0.3 is 0 Å². The van der Waals surface area contributed by atoms with E-state index in [1.165, 1.54) is 0 Å². The molecule has 0 spiro atoms. The van der Waals surface area contributed by atoms with Crippen LogP contribution in [0, 0.1) is 5.92 Å². The molecule has 4 N–H and O–H groups in total. The van der Waals surface area contributed by atoms with Gasteiger partial charge in [-0.2, -0.15) is 0 Å². The Morgan fingerprint density at radius 3 is 2.85 bits per heavy atom. The van der Waals surface area contributed by atoms with Crippen molar-refractivity contribution in [3.05, 3.63) is 0 Å². The highest BCUT2D eigenvalue weighted by Gasteiger charge is 2.24. The fourth-order valence-corrected chi connectivity index (χ4v) is 1.93. The monoisotopic (exact) mass is 202 g/mol. The predicted molar refractivity (Wildman–Crippen MR) is 58.1 cm³/mol. The van der Waals surface area contributed by atoms with Crippen molar-refractivity contribution in [3.63, 3.8) is 0 Å². The molecule has 1 aliphatic heterocycles. The number of hydrogen-bond donors (Lipinski definition) is 3. The normalized spacial score (nSPS) is 29.8. The average Bonchev–Trinajstić information content (AvgIpc) is 2.09. The van der Waals surface area contributed by atoms with Gasteiger partial charge in [-0.3, -0.25) is 0 Å². The number of hydrogen-bond acceptors (Lipinski definition) is 3. The van der Waals surface area contributed by atoms with E-state index < -0.39 is 0 Å². The van der Waals surface area contributed by atoms with Gasteiger partial charge in [0.25, 0.3) is 0 Å². The van der Waals surface area contributed by atoms with E-state index >= 15 is 0 Å². The molecule has 0 radical (unpaired) electrons. The minimum atomic E-state index is 0.458. The first-order valence-electron chi connectivity index (χ1n) is 4.59. The maximum absolute atomic E-state index is 5.20.